The number of halogens is 1. The number of nitro groups is 1. The fourth-order valence-electron chi connectivity index (χ4n) is 1.47. The second-order valence-electron chi connectivity index (χ2n) is 3.65. The minimum Gasteiger partial charge on any atom is -0.478 e. The molecular formula is C12H7FN2O5. The Morgan fingerprint density at radius 3 is 2.75 bits per heavy atom. The zero-order chi connectivity index (χ0) is 14.7. The van der Waals surface area contributed by atoms with Gasteiger partial charge in [0.2, 0.25) is 5.75 Å². The van der Waals surface area contributed by atoms with Gasteiger partial charge in [-0.15, -0.1) is 0 Å². The number of hydrogen-bond acceptors (Lipinski definition) is 5. The normalized spacial score (nSPS) is 10.1. The van der Waals surface area contributed by atoms with Crippen molar-refractivity contribution < 1.29 is 24.0 Å². The number of pyridine rings is 1. The van der Waals surface area contributed by atoms with Crippen LogP contribution in [0.4, 0.5) is 10.1 Å². The van der Waals surface area contributed by atoms with Gasteiger partial charge in [-0.1, -0.05) is 0 Å². The number of nitro benzene ring substituents is 1. The number of carboxylic acid groups (broad SMARTS) is 1. The predicted octanol–water partition coefficient (Wildman–Crippen LogP) is 2.62. The maximum Gasteiger partial charge on any atom is 0.338 e. The molecule has 0 aliphatic carbocycles. The van der Waals surface area contributed by atoms with Gasteiger partial charge in [0.15, 0.2) is 0 Å². The first-order valence-corrected chi connectivity index (χ1v) is 5.28. The predicted molar refractivity (Wildman–Crippen MR) is 64.3 cm³/mol. The highest BCUT2D eigenvalue weighted by molar-refractivity contribution is 5.89. The fraction of sp³-hybridized carbons (Fsp3) is 0. The van der Waals surface area contributed by atoms with E-state index in [2.05, 4.69) is 4.98 Å². The molecule has 1 N–H and O–H groups in total. The van der Waals surface area contributed by atoms with Crippen LogP contribution in [-0.2, 0) is 0 Å². The molecule has 0 atom stereocenters. The first kappa shape index (κ1) is 13.4. The molecule has 0 radical (unpaired) electrons. The second kappa shape index (κ2) is 5.31. The zero-order valence-corrected chi connectivity index (χ0v) is 9.82. The van der Waals surface area contributed by atoms with Crippen molar-refractivity contribution in [3.63, 3.8) is 0 Å². The Morgan fingerprint density at radius 2 is 2.20 bits per heavy atom. The lowest BCUT2D eigenvalue weighted by Crippen LogP contribution is -2.03. The summed E-state index contributed by atoms with van der Waals surface area (Å²) in [6.45, 7) is 0. The van der Waals surface area contributed by atoms with Gasteiger partial charge in [-0.2, -0.15) is 0 Å². The third-order valence-corrected chi connectivity index (χ3v) is 2.34. The van der Waals surface area contributed by atoms with E-state index in [0.29, 0.717) is 12.1 Å². The summed E-state index contributed by atoms with van der Waals surface area (Å²) in [6.07, 6.45) is 2.75. The number of nitrogens with zero attached hydrogens (tertiary/aromatic N) is 2. The lowest BCUT2D eigenvalue weighted by Gasteiger charge is -2.07. The van der Waals surface area contributed by atoms with E-state index < -0.39 is 33.7 Å². The topological polar surface area (TPSA) is 103 Å². The van der Waals surface area contributed by atoms with Crippen LogP contribution in [0.25, 0.3) is 0 Å². The van der Waals surface area contributed by atoms with E-state index in [0.717, 1.165) is 0 Å². The Kier molecular flexibility index (Phi) is 3.56. The number of aromatic nitrogens is 1. The molecule has 0 fully saturated rings. The number of aromatic carboxylic acids is 1. The second-order valence-corrected chi connectivity index (χ2v) is 3.65. The van der Waals surface area contributed by atoms with Gasteiger partial charge in [-0.05, 0) is 12.1 Å². The SMILES string of the molecule is O=C(O)c1cc([N+](=O)[O-])c(Oc2cccnc2)cc1F. The average molecular weight is 278 g/mol. The van der Waals surface area contributed by atoms with E-state index in [1.807, 2.05) is 0 Å². The van der Waals surface area contributed by atoms with Crippen molar-refractivity contribution in [1.82, 2.24) is 4.98 Å². The molecule has 7 nitrogen and oxygen atoms in total. The molecule has 0 saturated carbocycles. The summed E-state index contributed by atoms with van der Waals surface area (Å²) in [6, 6.07) is 4.28. The van der Waals surface area contributed by atoms with E-state index >= 15 is 0 Å². The molecule has 0 bridgehead atoms. The number of ether oxygens (including phenoxy) is 1. The van der Waals surface area contributed by atoms with Crippen LogP contribution >= 0.6 is 0 Å². The van der Waals surface area contributed by atoms with Gasteiger partial charge >= 0.3 is 11.7 Å². The van der Waals surface area contributed by atoms with Gasteiger partial charge in [0.25, 0.3) is 0 Å². The van der Waals surface area contributed by atoms with Gasteiger partial charge in [0, 0.05) is 18.3 Å². The monoisotopic (exact) mass is 278 g/mol. The minimum absolute atomic E-state index is 0.165. The Hall–Kier alpha value is -3.03. The minimum atomic E-state index is -1.60. The average Bonchev–Trinajstić information content (AvgIpc) is 2.39. The maximum atomic E-state index is 13.5. The van der Waals surface area contributed by atoms with Crippen molar-refractivity contribution in [3.8, 4) is 11.5 Å². The first-order chi connectivity index (χ1) is 9.49. The van der Waals surface area contributed by atoms with E-state index in [9.17, 15) is 19.3 Å². The highest BCUT2D eigenvalue weighted by Crippen LogP contribution is 2.33. The van der Waals surface area contributed by atoms with Crippen LogP contribution in [0.2, 0.25) is 0 Å². The maximum absolute atomic E-state index is 13.5. The molecule has 2 aromatic rings. The lowest BCUT2D eigenvalue weighted by atomic mass is 10.1. The standard InChI is InChI=1S/C12H7FN2O5/c13-9-5-11(20-7-2-1-3-14-6-7)10(15(18)19)4-8(9)12(16)17/h1-6H,(H,16,17). The Bertz CT molecular complexity index is 675. The molecule has 102 valence electrons. The van der Waals surface area contributed by atoms with Crippen LogP contribution in [0.3, 0.4) is 0 Å². The number of hydrogen-bond donors (Lipinski definition) is 1. The summed E-state index contributed by atoms with van der Waals surface area (Å²) < 4.78 is 18.7. The quantitative estimate of drug-likeness (QED) is 0.681. The molecular weight excluding hydrogens is 271 g/mol. The van der Waals surface area contributed by atoms with Crippen LogP contribution in [0.5, 0.6) is 11.5 Å². The van der Waals surface area contributed by atoms with Gasteiger partial charge in [-0.3, -0.25) is 15.1 Å². The Labute approximate surface area is 111 Å². The molecule has 0 saturated heterocycles. The van der Waals surface area contributed by atoms with Crippen LogP contribution in [0.1, 0.15) is 10.4 Å². The van der Waals surface area contributed by atoms with E-state index in [1.165, 1.54) is 24.5 Å². The summed E-state index contributed by atoms with van der Waals surface area (Å²) in [4.78, 5) is 24.5. The van der Waals surface area contributed by atoms with Gasteiger partial charge in [-0.25, -0.2) is 9.18 Å². The number of carbonyl (C=O) groups is 1. The molecule has 0 aliphatic rings. The van der Waals surface area contributed by atoms with E-state index in [1.54, 1.807) is 0 Å². The molecule has 0 spiro atoms. The molecule has 1 heterocycles. The van der Waals surface area contributed by atoms with Crippen molar-refractivity contribution in [2.45, 2.75) is 0 Å². The Balaban J connectivity index is 2.49. The van der Waals surface area contributed by atoms with Crippen LogP contribution < -0.4 is 4.74 Å². The summed E-state index contributed by atoms with van der Waals surface area (Å²) >= 11 is 0. The third kappa shape index (κ3) is 2.69. The molecule has 0 amide bonds. The van der Waals surface area contributed by atoms with Crippen molar-refractivity contribution in [1.29, 1.82) is 0 Å². The van der Waals surface area contributed by atoms with Crippen LogP contribution in [0, 0.1) is 15.9 Å². The Morgan fingerprint density at radius 1 is 1.45 bits per heavy atom. The molecule has 0 unspecified atom stereocenters. The molecule has 1 aromatic carbocycles. The summed E-state index contributed by atoms with van der Waals surface area (Å²) in [5.74, 6) is -2.95. The number of benzene rings is 1. The first-order valence-electron chi connectivity index (χ1n) is 5.28. The zero-order valence-electron chi connectivity index (χ0n) is 9.82. The fourth-order valence-corrected chi connectivity index (χ4v) is 1.47. The van der Waals surface area contributed by atoms with Gasteiger partial charge < -0.3 is 9.84 Å². The largest absolute Gasteiger partial charge is 0.478 e. The molecule has 2 rings (SSSR count). The van der Waals surface area contributed by atoms with E-state index in [4.69, 9.17) is 9.84 Å². The van der Waals surface area contributed by atoms with Crippen LogP contribution in [-0.4, -0.2) is 21.0 Å². The third-order valence-electron chi connectivity index (χ3n) is 2.34. The number of rotatable bonds is 4. The summed E-state index contributed by atoms with van der Waals surface area (Å²) in [5, 5.41) is 19.6. The highest BCUT2D eigenvalue weighted by Gasteiger charge is 2.23. The van der Waals surface area contributed by atoms with E-state index in [-0.39, 0.29) is 5.75 Å². The molecule has 0 aliphatic heterocycles. The smallest absolute Gasteiger partial charge is 0.338 e. The molecule has 20 heavy (non-hydrogen) atoms. The van der Waals surface area contributed by atoms with Crippen molar-refractivity contribution in [2.24, 2.45) is 0 Å². The highest BCUT2D eigenvalue weighted by atomic mass is 19.1. The van der Waals surface area contributed by atoms with Gasteiger partial charge in [0.05, 0.1) is 11.1 Å². The lowest BCUT2D eigenvalue weighted by molar-refractivity contribution is -0.385. The van der Waals surface area contributed by atoms with Crippen molar-refractivity contribution in [3.05, 3.63) is 58.2 Å². The summed E-state index contributed by atoms with van der Waals surface area (Å²) in [7, 11) is 0. The van der Waals surface area contributed by atoms with Crippen molar-refractivity contribution >= 4 is 11.7 Å². The van der Waals surface area contributed by atoms with Gasteiger partial charge in [0.1, 0.15) is 17.1 Å². The number of carboxylic acids is 1. The van der Waals surface area contributed by atoms with Crippen molar-refractivity contribution in [2.75, 3.05) is 0 Å². The summed E-state index contributed by atoms with van der Waals surface area (Å²) in [5.41, 5.74) is -1.44. The molecule has 1 aromatic heterocycles. The molecule has 8 heteroatoms. The van der Waals surface area contributed by atoms with Crippen LogP contribution in [0.15, 0.2) is 36.7 Å².